The molecule has 0 fully saturated rings. The zero-order valence-corrected chi connectivity index (χ0v) is 10.6. The molecule has 98 valence electrons. The van der Waals surface area contributed by atoms with Crippen LogP contribution >= 0.6 is 0 Å². The highest BCUT2D eigenvalue weighted by atomic mass is 19.1. The minimum absolute atomic E-state index is 0.159. The minimum atomic E-state index is -0.459. The summed E-state index contributed by atoms with van der Waals surface area (Å²) in [7, 11) is 2.05. The molecule has 19 heavy (non-hydrogen) atoms. The summed E-state index contributed by atoms with van der Waals surface area (Å²) in [4.78, 5) is 2.21. The van der Waals surface area contributed by atoms with E-state index in [-0.39, 0.29) is 5.69 Å². The summed E-state index contributed by atoms with van der Waals surface area (Å²) in [6, 6.07) is 9.30. The molecule has 2 aromatic rings. The fraction of sp³-hybridized carbons (Fsp3) is 0.200. The van der Waals surface area contributed by atoms with Crippen molar-refractivity contribution in [1.29, 1.82) is 0 Å². The second-order valence-corrected chi connectivity index (χ2v) is 4.90. The molecule has 1 aliphatic heterocycles. The molecule has 0 atom stereocenters. The van der Waals surface area contributed by atoms with Gasteiger partial charge >= 0.3 is 0 Å². The highest BCUT2D eigenvalue weighted by molar-refractivity contribution is 5.62. The maximum absolute atomic E-state index is 13.6. The first-order chi connectivity index (χ1) is 9.11. The van der Waals surface area contributed by atoms with E-state index in [4.69, 9.17) is 0 Å². The Hall–Kier alpha value is -1.94. The number of hydrogen-bond donors (Lipinski definition) is 1. The first-order valence-corrected chi connectivity index (χ1v) is 6.14. The highest BCUT2D eigenvalue weighted by Crippen LogP contribution is 2.27. The number of rotatable bonds is 2. The van der Waals surface area contributed by atoms with Gasteiger partial charge in [0, 0.05) is 24.8 Å². The highest BCUT2D eigenvalue weighted by Gasteiger charge is 2.15. The molecule has 2 nitrogen and oxygen atoms in total. The molecule has 0 radical (unpaired) electrons. The predicted octanol–water partition coefficient (Wildman–Crippen LogP) is 3.65. The molecule has 0 aromatic heterocycles. The van der Waals surface area contributed by atoms with Crippen LogP contribution in [-0.4, -0.2) is 11.9 Å². The fourth-order valence-corrected chi connectivity index (χ4v) is 2.39. The number of halogens is 2. The Bertz CT molecular complexity index is 626. The van der Waals surface area contributed by atoms with Crippen LogP contribution in [0.25, 0.3) is 0 Å². The average molecular weight is 260 g/mol. The van der Waals surface area contributed by atoms with Crippen molar-refractivity contribution < 1.29 is 8.78 Å². The van der Waals surface area contributed by atoms with Crippen molar-refractivity contribution in [2.75, 3.05) is 12.4 Å². The molecule has 0 bridgehead atoms. The van der Waals surface area contributed by atoms with E-state index < -0.39 is 11.6 Å². The summed E-state index contributed by atoms with van der Waals surface area (Å²) >= 11 is 0. The quantitative estimate of drug-likeness (QED) is 0.886. The zero-order valence-electron chi connectivity index (χ0n) is 10.6. The number of nitrogens with one attached hydrogen (secondary N) is 1. The maximum Gasteiger partial charge on any atom is 0.146 e. The van der Waals surface area contributed by atoms with Gasteiger partial charge in [0.15, 0.2) is 0 Å². The van der Waals surface area contributed by atoms with Gasteiger partial charge in [-0.25, -0.2) is 8.78 Å². The third-order valence-electron chi connectivity index (χ3n) is 3.29. The van der Waals surface area contributed by atoms with Crippen LogP contribution in [0.15, 0.2) is 36.4 Å². The van der Waals surface area contributed by atoms with Crippen LogP contribution in [-0.2, 0) is 13.1 Å². The molecule has 3 rings (SSSR count). The number of anilines is 2. The van der Waals surface area contributed by atoms with Crippen molar-refractivity contribution in [1.82, 2.24) is 4.90 Å². The van der Waals surface area contributed by atoms with E-state index in [2.05, 4.69) is 17.3 Å². The molecule has 0 saturated carbocycles. The van der Waals surface area contributed by atoms with Crippen LogP contribution in [0.1, 0.15) is 11.1 Å². The van der Waals surface area contributed by atoms with E-state index in [1.54, 1.807) is 0 Å². The monoisotopic (exact) mass is 260 g/mol. The molecule has 2 aromatic carbocycles. The number of nitrogens with zero attached hydrogens (tertiary/aromatic N) is 1. The Morgan fingerprint density at radius 3 is 2.63 bits per heavy atom. The Morgan fingerprint density at radius 2 is 1.79 bits per heavy atom. The van der Waals surface area contributed by atoms with Gasteiger partial charge in [-0.15, -0.1) is 0 Å². The molecule has 0 unspecified atom stereocenters. The lowest BCUT2D eigenvalue weighted by Gasteiger charge is -2.09. The van der Waals surface area contributed by atoms with E-state index >= 15 is 0 Å². The summed E-state index contributed by atoms with van der Waals surface area (Å²) < 4.78 is 26.7. The Balaban J connectivity index is 1.88. The first kappa shape index (κ1) is 12.1. The lowest BCUT2D eigenvalue weighted by atomic mass is 10.1. The Labute approximate surface area is 110 Å². The van der Waals surface area contributed by atoms with Crippen LogP contribution in [0.3, 0.4) is 0 Å². The molecule has 1 N–H and O–H groups in total. The van der Waals surface area contributed by atoms with E-state index in [1.807, 2.05) is 18.2 Å². The van der Waals surface area contributed by atoms with Crippen molar-refractivity contribution in [2.24, 2.45) is 0 Å². The summed E-state index contributed by atoms with van der Waals surface area (Å²) in [6.07, 6.45) is 0. The zero-order chi connectivity index (χ0) is 13.4. The maximum atomic E-state index is 13.6. The van der Waals surface area contributed by atoms with E-state index in [0.29, 0.717) is 0 Å². The van der Waals surface area contributed by atoms with Gasteiger partial charge in [0.05, 0.1) is 5.69 Å². The van der Waals surface area contributed by atoms with E-state index in [0.717, 1.165) is 37.0 Å². The molecule has 4 heteroatoms. The third kappa shape index (κ3) is 2.44. The summed E-state index contributed by atoms with van der Waals surface area (Å²) in [5, 5.41) is 2.92. The van der Waals surface area contributed by atoms with Crippen molar-refractivity contribution in [2.45, 2.75) is 13.1 Å². The van der Waals surface area contributed by atoms with Gasteiger partial charge in [-0.2, -0.15) is 0 Å². The van der Waals surface area contributed by atoms with Crippen molar-refractivity contribution >= 4 is 11.4 Å². The Kier molecular flexibility index (Phi) is 2.95. The standard InChI is InChI=1S/C15H14F2N2/c1-19-8-10-2-4-13(6-11(10)9-19)18-15-7-12(16)3-5-14(15)17/h2-7,18H,8-9H2,1H3. The molecular formula is C15H14F2N2. The number of benzene rings is 2. The SMILES string of the molecule is CN1Cc2ccc(Nc3cc(F)ccc3F)cc2C1. The largest absolute Gasteiger partial charge is 0.353 e. The van der Waals surface area contributed by atoms with E-state index in [1.165, 1.54) is 11.1 Å². The number of hydrogen-bond acceptors (Lipinski definition) is 2. The summed E-state index contributed by atoms with van der Waals surface area (Å²) in [6.45, 7) is 1.82. The molecule has 0 amide bonds. The predicted molar refractivity (Wildman–Crippen MR) is 71.3 cm³/mol. The van der Waals surface area contributed by atoms with Gasteiger partial charge in [-0.05, 0) is 42.4 Å². The lowest BCUT2D eigenvalue weighted by molar-refractivity contribution is 0.353. The van der Waals surface area contributed by atoms with Gasteiger partial charge in [-0.3, -0.25) is 4.90 Å². The molecule has 0 saturated heterocycles. The molecule has 0 aliphatic carbocycles. The minimum Gasteiger partial charge on any atom is -0.353 e. The molecule has 1 aliphatic rings. The van der Waals surface area contributed by atoms with E-state index in [9.17, 15) is 8.78 Å². The van der Waals surface area contributed by atoms with Gasteiger partial charge in [0.1, 0.15) is 11.6 Å². The molecular weight excluding hydrogens is 246 g/mol. The second kappa shape index (κ2) is 4.63. The second-order valence-electron chi connectivity index (χ2n) is 4.90. The third-order valence-corrected chi connectivity index (χ3v) is 3.29. The van der Waals surface area contributed by atoms with Crippen LogP contribution in [0.5, 0.6) is 0 Å². The first-order valence-electron chi connectivity index (χ1n) is 6.14. The Morgan fingerprint density at radius 1 is 1.00 bits per heavy atom. The summed E-state index contributed by atoms with van der Waals surface area (Å²) in [5.41, 5.74) is 3.45. The van der Waals surface area contributed by atoms with Gasteiger partial charge in [-0.1, -0.05) is 6.07 Å². The average Bonchev–Trinajstić information content (AvgIpc) is 2.73. The van der Waals surface area contributed by atoms with Gasteiger partial charge in [0.2, 0.25) is 0 Å². The van der Waals surface area contributed by atoms with Crippen LogP contribution in [0.2, 0.25) is 0 Å². The normalized spacial score (nSPS) is 14.5. The van der Waals surface area contributed by atoms with Gasteiger partial charge in [0.25, 0.3) is 0 Å². The summed E-state index contributed by atoms with van der Waals surface area (Å²) in [5.74, 6) is -0.913. The smallest absolute Gasteiger partial charge is 0.146 e. The van der Waals surface area contributed by atoms with Crippen molar-refractivity contribution in [3.05, 3.63) is 59.2 Å². The molecule has 1 heterocycles. The number of fused-ring (bicyclic) bond motifs is 1. The fourth-order valence-electron chi connectivity index (χ4n) is 2.39. The van der Waals surface area contributed by atoms with Crippen LogP contribution in [0.4, 0.5) is 20.2 Å². The van der Waals surface area contributed by atoms with Crippen molar-refractivity contribution in [3.63, 3.8) is 0 Å². The van der Waals surface area contributed by atoms with Crippen molar-refractivity contribution in [3.8, 4) is 0 Å². The van der Waals surface area contributed by atoms with Crippen LogP contribution in [0, 0.1) is 11.6 Å². The topological polar surface area (TPSA) is 15.3 Å². The molecule has 0 spiro atoms. The lowest BCUT2D eigenvalue weighted by Crippen LogP contribution is -2.07. The van der Waals surface area contributed by atoms with Crippen LogP contribution < -0.4 is 5.32 Å². The van der Waals surface area contributed by atoms with Gasteiger partial charge < -0.3 is 5.32 Å².